The summed E-state index contributed by atoms with van der Waals surface area (Å²) in [5.74, 6) is 0.365. The summed E-state index contributed by atoms with van der Waals surface area (Å²) in [6.07, 6.45) is 1.56. The lowest BCUT2D eigenvalue weighted by Crippen LogP contribution is -2.06. The van der Waals surface area contributed by atoms with E-state index in [9.17, 15) is 14.9 Å². The third kappa shape index (κ3) is 5.97. The van der Waals surface area contributed by atoms with Crippen LogP contribution in [0.15, 0.2) is 65.3 Å². The number of carbonyl (C=O) groups excluding carboxylic acids is 1. The van der Waals surface area contributed by atoms with Crippen LogP contribution in [-0.2, 0) is 16.1 Å². The van der Waals surface area contributed by atoms with Crippen LogP contribution in [-0.4, -0.2) is 23.4 Å². The van der Waals surface area contributed by atoms with E-state index >= 15 is 0 Å². The predicted octanol–water partition coefficient (Wildman–Crippen LogP) is 6.83. The van der Waals surface area contributed by atoms with Crippen molar-refractivity contribution >= 4 is 69.4 Å². The van der Waals surface area contributed by atoms with Gasteiger partial charge >= 0.3 is 5.97 Å². The Hall–Kier alpha value is -3.15. The number of aliphatic imine (C=N–C) groups is 1. The molecular formula is C25H17Cl2IN2O6. The monoisotopic (exact) mass is 638 g/mol. The first-order chi connectivity index (χ1) is 17.2. The maximum atomic E-state index is 12.5. The van der Waals surface area contributed by atoms with E-state index in [2.05, 4.69) is 27.6 Å². The summed E-state index contributed by atoms with van der Waals surface area (Å²) in [7, 11) is 0. The highest BCUT2D eigenvalue weighted by atomic mass is 127. The lowest BCUT2D eigenvalue weighted by molar-refractivity contribution is -0.384. The molecule has 3 aromatic rings. The van der Waals surface area contributed by atoms with Crippen LogP contribution in [0, 0.1) is 13.7 Å². The van der Waals surface area contributed by atoms with Gasteiger partial charge in [0.1, 0.15) is 6.61 Å². The van der Waals surface area contributed by atoms with E-state index in [1.165, 1.54) is 18.2 Å². The highest BCUT2D eigenvalue weighted by molar-refractivity contribution is 14.1. The predicted molar refractivity (Wildman–Crippen MR) is 145 cm³/mol. The molecule has 1 heterocycles. The number of ether oxygens (including phenoxy) is 3. The van der Waals surface area contributed by atoms with Gasteiger partial charge in [-0.1, -0.05) is 35.3 Å². The quantitative estimate of drug-likeness (QED) is 0.0882. The summed E-state index contributed by atoms with van der Waals surface area (Å²) < 4.78 is 17.8. The van der Waals surface area contributed by atoms with Gasteiger partial charge in [-0.2, -0.15) is 0 Å². The Bertz CT molecular complexity index is 1420. The van der Waals surface area contributed by atoms with Crippen molar-refractivity contribution in [3.63, 3.8) is 0 Å². The second-order valence-electron chi connectivity index (χ2n) is 7.44. The highest BCUT2D eigenvalue weighted by Crippen LogP contribution is 2.36. The smallest absolute Gasteiger partial charge is 0.363 e. The summed E-state index contributed by atoms with van der Waals surface area (Å²) in [6, 6.07) is 14.8. The molecule has 0 spiro atoms. The second kappa shape index (κ2) is 11.3. The number of halogens is 3. The Balaban J connectivity index is 1.62. The fraction of sp³-hybridized carbons (Fsp3) is 0.120. The van der Waals surface area contributed by atoms with Gasteiger partial charge in [-0.05, 0) is 77.0 Å². The molecule has 1 aliphatic heterocycles. The summed E-state index contributed by atoms with van der Waals surface area (Å²) >= 11 is 14.3. The van der Waals surface area contributed by atoms with E-state index in [4.69, 9.17) is 37.4 Å². The molecule has 0 saturated carbocycles. The van der Waals surface area contributed by atoms with Gasteiger partial charge in [-0.3, -0.25) is 10.1 Å². The lowest BCUT2D eigenvalue weighted by atomic mass is 10.1. The summed E-state index contributed by atoms with van der Waals surface area (Å²) in [5.41, 5.74) is 1.69. The van der Waals surface area contributed by atoms with Gasteiger partial charge < -0.3 is 14.2 Å². The van der Waals surface area contributed by atoms with E-state index < -0.39 is 10.9 Å². The van der Waals surface area contributed by atoms with Gasteiger partial charge in [-0.15, -0.1) is 0 Å². The summed E-state index contributed by atoms with van der Waals surface area (Å²) in [6.45, 7) is 2.57. The second-order valence-corrected chi connectivity index (χ2v) is 9.44. The zero-order valence-electron chi connectivity index (χ0n) is 18.7. The lowest BCUT2D eigenvalue weighted by Gasteiger charge is -2.15. The van der Waals surface area contributed by atoms with E-state index in [1.807, 2.05) is 31.2 Å². The highest BCUT2D eigenvalue weighted by Gasteiger charge is 2.27. The number of carbonyl (C=O) groups is 1. The molecule has 0 amide bonds. The third-order valence-electron chi connectivity index (χ3n) is 4.92. The average molecular weight is 639 g/mol. The number of benzene rings is 3. The third-order valence-corrected chi connectivity index (χ3v) is 6.27. The van der Waals surface area contributed by atoms with Gasteiger partial charge in [0.15, 0.2) is 17.2 Å². The minimum Gasteiger partial charge on any atom is -0.490 e. The number of hydrogen-bond acceptors (Lipinski definition) is 7. The minimum atomic E-state index is -0.673. The van der Waals surface area contributed by atoms with Crippen molar-refractivity contribution in [2.75, 3.05) is 6.61 Å². The molecule has 1 aliphatic rings. The average Bonchev–Trinajstić information content (AvgIpc) is 3.18. The van der Waals surface area contributed by atoms with Crippen LogP contribution in [0.5, 0.6) is 11.5 Å². The van der Waals surface area contributed by atoms with Crippen molar-refractivity contribution in [1.29, 1.82) is 0 Å². The number of non-ortho nitro benzene ring substituents is 1. The minimum absolute atomic E-state index is 0.0349. The van der Waals surface area contributed by atoms with Crippen LogP contribution < -0.4 is 9.47 Å². The Kier molecular flexibility index (Phi) is 8.12. The molecule has 0 N–H and O–H groups in total. The number of rotatable bonds is 8. The first-order valence-corrected chi connectivity index (χ1v) is 12.4. The van der Waals surface area contributed by atoms with Crippen molar-refractivity contribution in [3.8, 4) is 11.5 Å². The molecule has 3 aromatic carbocycles. The molecule has 0 atom stereocenters. The van der Waals surface area contributed by atoms with Gasteiger partial charge in [0, 0.05) is 17.2 Å². The topological polar surface area (TPSA) is 100 Å². The number of hydrogen-bond donors (Lipinski definition) is 0. The fourth-order valence-corrected chi connectivity index (χ4v) is 4.58. The van der Waals surface area contributed by atoms with Crippen molar-refractivity contribution in [1.82, 2.24) is 0 Å². The molecule has 0 bridgehead atoms. The van der Waals surface area contributed by atoms with Crippen LogP contribution in [0.1, 0.15) is 23.6 Å². The molecule has 11 heteroatoms. The Labute approximate surface area is 229 Å². The summed E-state index contributed by atoms with van der Waals surface area (Å²) in [4.78, 5) is 27.1. The van der Waals surface area contributed by atoms with E-state index in [0.29, 0.717) is 35.3 Å². The first kappa shape index (κ1) is 25.9. The number of nitro groups is 1. The Morgan fingerprint density at radius 1 is 1.14 bits per heavy atom. The van der Waals surface area contributed by atoms with E-state index in [0.717, 1.165) is 9.13 Å². The Morgan fingerprint density at radius 3 is 2.64 bits per heavy atom. The largest absolute Gasteiger partial charge is 0.490 e. The zero-order chi connectivity index (χ0) is 25.8. The van der Waals surface area contributed by atoms with Gasteiger partial charge in [0.05, 0.1) is 25.7 Å². The molecule has 0 saturated heterocycles. The van der Waals surface area contributed by atoms with Crippen molar-refractivity contribution in [2.45, 2.75) is 13.5 Å². The van der Waals surface area contributed by atoms with Crippen LogP contribution >= 0.6 is 45.8 Å². The van der Waals surface area contributed by atoms with Crippen molar-refractivity contribution in [2.24, 2.45) is 4.99 Å². The fourth-order valence-electron chi connectivity index (χ4n) is 3.33. The molecule has 0 radical (unpaired) electrons. The van der Waals surface area contributed by atoms with Crippen LogP contribution in [0.3, 0.4) is 0 Å². The normalized spacial score (nSPS) is 13.9. The molecule has 4 rings (SSSR count). The number of esters is 1. The standard InChI is InChI=1S/C25H17Cl2IN2O6/c1-2-34-22-11-15(9-20(28)23(22)35-13-14-4-3-5-16(26)8-14)10-21-25(31)36-24(29-21)18-7-6-17(30(32)33)12-19(18)27/h3-12H,2,13H2,1H3/b21-10-. The van der Waals surface area contributed by atoms with E-state index in [-0.39, 0.29) is 27.9 Å². The number of cyclic esters (lactones) is 1. The van der Waals surface area contributed by atoms with E-state index in [1.54, 1.807) is 18.2 Å². The SMILES string of the molecule is CCOc1cc(/C=C2\N=C(c3ccc([N+](=O)[O-])cc3Cl)OC2=O)cc(I)c1OCc1cccc(Cl)c1. The molecule has 0 aromatic heterocycles. The Morgan fingerprint density at radius 2 is 1.94 bits per heavy atom. The molecule has 36 heavy (non-hydrogen) atoms. The first-order valence-electron chi connectivity index (χ1n) is 10.6. The maximum Gasteiger partial charge on any atom is 0.363 e. The van der Waals surface area contributed by atoms with Gasteiger partial charge in [0.25, 0.3) is 5.69 Å². The molecule has 8 nitrogen and oxygen atoms in total. The van der Waals surface area contributed by atoms with Crippen LogP contribution in [0.4, 0.5) is 5.69 Å². The molecule has 0 aliphatic carbocycles. The van der Waals surface area contributed by atoms with Gasteiger partial charge in [0.2, 0.25) is 5.90 Å². The number of nitrogens with zero attached hydrogens (tertiary/aromatic N) is 2. The molecule has 0 fully saturated rings. The van der Waals surface area contributed by atoms with Crippen LogP contribution in [0.2, 0.25) is 10.0 Å². The summed E-state index contributed by atoms with van der Waals surface area (Å²) in [5, 5.41) is 11.6. The van der Waals surface area contributed by atoms with Gasteiger partial charge in [-0.25, -0.2) is 9.79 Å². The molecular weight excluding hydrogens is 622 g/mol. The maximum absolute atomic E-state index is 12.5. The molecule has 0 unspecified atom stereocenters. The van der Waals surface area contributed by atoms with Crippen molar-refractivity contribution < 1.29 is 23.9 Å². The zero-order valence-corrected chi connectivity index (χ0v) is 22.3. The molecule has 184 valence electrons. The van der Waals surface area contributed by atoms with Crippen LogP contribution in [0.25, 0.3) is 6.08 Å². The van der Waals surface area contributed by atoms with Crippen molar-refractivity contribution in [3.05, 3.63) is 101 Å². The number of nitro benzene ring substituents is 1.